The van der Waals surface area contributed by atoms with Crippen LogP contribution in [0.2, 0.25) is 5.15 Å². The van der Waals surface area contributed by atoms with Gasteiger partial charge in [0.15, 0.2) is 5.15 Å². The van der Waals surface area contributed by atoms with E-state index in [0.29, 0.717) is 0 Å². The standard InChI is InChI=1S/C7H8Cl2N2O2S/c1-5-2-6(7(9)10-3-5)11-14(12,13)4-8/h2-3,11H,4H2,1H3. The number of aryl methyl sites for hydroxylation is 1. The van der Waals surface area contributed by atoms with Crippen molar-refractivity contribution in [3.63, 3.8) is 0 Å². The molecule has 0 aromatic carbocycles. The number of nitrogens with zero attached hydrogens (tertiary/aromatic N) is 1. The van der Waals surface area contributed by atoms with Crippen LogP contribution in [0.3, 0.4) is 0 Å². The van der Waals surface area contributed by atoms with Crippen LogP contribution in [0.25, 0.3) is 0 Å². The van der Waals surface area contributed by atoms with E-state index in [0.717, 1.165) is 5.56 Å². The second kappa shape index (κ2) is 4.33. The first-order valence-electron chi connectivity index (χ1n) is 3.63. The number of aromatic nitrogens is 1. The van der Waals surface area contributed by atoms with E-state index in [1.165, 1.54) is 0 Å². The van der Waals surface area contributed by atoms with Gasteiger partial charge in [-0.15, -0.1) is 11.6 Å². The quantitative estimate of drug-likeness (QED) is 0.663. The molecule has 0 aliphatic heterocycles. The molecular formula is C7H8Cl2N2O2S. The normalized spacial score (nSPS) is 11.4. The van der Waals surface area contributed by atoms with Crippen LogP contribution in [0, 0.1) is 6.92 Å². The van der Waals surface area contributed by atoms with Crippen molar-refractivity contribution in [1.82, 2.24) is 4.98 Å². The van der Waals surface area contributed by atoms with Gasteiger partial charge in [-0.1, -0.05) is 11.6 Å². The van der Waals surface area contributed by atoms with Crippen LogP contribution in [0.4, 0.5) is 5.69 Å². The van der Waals surface area contributed by atoms with Crippen molar-refractivity contribution in [2.24, 2.45) is 0 Å². The molecule has 0 radical (unpaired) electrons. The maximum absolute atomic E-state index is 11.1. The van der Waals surface area contributed by atoms with Crippen molar-refractivity contribution < 1.29 is 8.42 Å². The minimum atomic E-state index is -3.52. The average molecular weight is 255 g/mol. The minimum Gasteiger partial charge on any atom is -0.279 e. The van der Waals surface area contributed by atoms with E-state index in [1.54, 1.807) is 19.2 Å². The fourth-order valence-corrected chi connectivity index (χ4v) is 1.73. The van der Waals surface area contributed by atoms with Gasteiger partial charge in [-0.25, -0.2) is 13.4 Å². The van der Waals surface area contributed by atoms with Gasteiger partial charge in [0.05, 0.1) is 5.69 Å². The summed E-state index contributed by atoms with van der Waals surface area (Å²) in [5, 5.41) is -0.415. The molecule has 1 rings (SSSR count). The van der Waals surface area contributed by atoms with Gasteiger partial charge >= 0.3 is 0 Å². The number of nitrogens with one attached hydrogen (secondary N) is 1. The van der Waals surface area contributed by atoms with Gasteiger partial charge in [-0.3, -0.25) is 4.72 Å². The van der Waals surface area contributed by atoms with Gasteiger partial charge in [-0.05, 0) is 18.6 Å². The van der Waals surface area contributed by atoms with Crippen LogP contribution in [0.5, 0.6) is 0 Å². The van der Waals surface area contributed by atoms with E-state index in [2.05, 4.69) is 9.71 Å². The Hall–Kier alpha value is -0.520. The Morgan fingerprint density at radius 3 is 2.79 bits per heavy atom. The number of hydrogen-bond acceptors (Lipinski definition) is 3. The summed E-state index contributed by atoms with van der Waals surface area (Å²) in [6.45, 7) is 1.78. The van der Waals surface area contributed by atoms with Crippen molar-refractivity contribution in [3.05, 3.63) is 23.0 Å². The summed E-state index contributed by atoms with van der Waals surface area (Å²) < 4.78 is 24.4. The Morgan fingerprint density at radius 2 is 2.21 bits per heavy atom. The van der Waals surface area contributed by atoms with Crippen LogP contribution in [0.15, 0.2) is 12.3 Å². The monoisotopic (exact) mass is 254 g/mol. The smallest absolute Gasteiger partial charge is 0.246 e. The maximum Gasteiger partial charge on any atom is 0.246 e. The molecule has 1 N–H and O–H groups in total. The number of halogens is 2. The SMILES string of the molecule is Cc1cnc(Cl)c(NS(=O)(=O)CCl)c1. The maximum atomic E-state index is 11.1. The van der Waals surface area contributed by atoms with Crippen molar-refractivity contribution in [3.8, 4) is 0 Å². The van der Waals surface area contributed by atoms with Crippen LogP contribution in [0.1, 0.15) is 5.56 Å². The van der Waals surface area contributed by atoms with E-state index >= 15 is 0 Å². The van der Waals surface area contributed by atoms with E-state index < -0.39 is 15.2 Å². The molecule has 0 saturated carbocycles. The van der Waals surface area contributed by atoms with Gasteiger partial charge in [0.25, 0.3) is 0 Å². The lowest BCUT2D eigenvalue weighted by Crippen LogP contribution is -2.14. The molecule has 0 atom stereocenters. The number of anilines is 1. The molecule has 1 aromatic rings. The highest BCUT2D eigenvalue weighted by Crippen LogP contribution is 2.21. The first-order valence-corrected chi connectivity index (χ1v) is 6.19. The third kappa shape index (κ3) is 3.01. The summed E-state index contributed by atoms with van der Waals surface area (Å²) in [5.41, 5.74) is 1.05. The highest BCUT2D eigenvalue weighted by molar-refractivity contribution is 7.93. The van der Waals surface area contributed by atoms with Crippen LogP contribution < -0.4 is 4.72 Å². The van der Waals surface area contributed by atoms with E-state index in [9.17, 15) is 8.42 Å². The first-order chi connectivity index (χ1) is 6.44. The topological polar surface area (TPSA) is 59.1 Å². The number of alkyl halides is 1. The molecule has 0 spiro atoms. The molecule has 0 aliphatic rings. The van der Waals surface area contributed by atoms with Gasteiger partial charge in [0.2, 0.25) is 10.0 Å². The van der Waals surface area contributed by atoms with Crippen molar-refractivity contribution in [1.29, 1.82) is 0 Å². The summed E-state index contributed by atoms with van der Waals surface area (Å²) >= 11 is 10.9. The number of sulfonamides is 1. The lowest BCUT2D eigenvalue weighted by molar-refractivity contribution is 0.605. The number of hydrogen-bond donors (Lipinski definition) is 1. The molecule has 1 heterocycles. The van der Waals surface area contributed by atoms with Crippen LogP contribution >= 0.6 is 23.2 Å². The molecule has 7 heteroatoms. The third-order valence-electron chi connectivity index (χ3n) is 1.38. The van der Waals surface area contributed by atoms with Crippen molar-refractivity contribution >= 4 is 38.9 Å². The molecule has 14 heavy (non-hydrogen) atoms. The Kier molecular flexibility index (Phi) is 3.58. The molecule has 0 amide bonds. The van der Waals surface area contributed by atoms with Crippen molar-refractivity contribution in [2.75, 3.05) is 9.93 Å². The summed E-state index contributed by atoms with van der Waals surface area (Å²) in [5.74, 6) is 0. The molecule has 1 aromatic heterocycles. The average Bonchev–Trinajstić information content (AvgIpc) is 2.11. The lowest BCUT2D eigenvalue weighted by atomic mass is 10.3. The van der Waals surface area contributed by atoms with Gasteiger partial charge in [0.1, 0.15) is 5.21 Å². The van der Waals surface area contributed by atoms with E-state index in [4.69, 9.17) is 23.2 Å². The minimum absolute atomic E-state index is 0.101. The largest absolute Gasteiger partial charge is 0.279 e. The molecule has 0 bridgehead atoms. The van der Waals surface area contributed by atoms with Crippen LogP contribution in [-0.2, 0) is 10.0 Å². The fourth-order valence-electron chi connectivity index (χ4n) is 0.819. The fraction of sp³-hybridized carbons (Fsp3) is 0.286. The van der Waals surface area contributed by atoms with Gasteiger partial charge in [-0.2, -0.15) is 0 Å². The Bertz CT molecular complexity index is 433. The summed E-state index contributed by atoms with van der Waals surface area (Å²) in [6, 6.07) is 1.58. The highest BCUT2D eigenvalue weighted by Gasteiger charge is 2.11. The lowest BCUT2D eigenvalue weighted by Gasteiger charge is -2.06. The second-order valence-electron chi connectivity index (χ2n) is 2.68. The zero-order valence-electron chi connectivity index (χ0n) is 7.29. The summed E-state index contributed by atoms with van der Waals surface area (Å²) in [6.07, 6.45) is 1.54. The summed E-state index contributed by atoms with van der Waals surface area (Å²) in [4.78, 5) is 3.79. The predicted octanol–water partition coefficient (Wildman–Crippen LogP) is 1.98. The highest BCUT2D eigenvalue weighted by atomic mass is 35.5. The van der Waals surface area contributed by atoms with Gasteiger partial charge < -0.3 is 0 Å². The molecule has 0 saturated heterocycles. The van der Waals surface area contributed by atoms with Gasteiger partial charge in [0, 0.05) is 6.20 Å². The zero-order valence-corrected chi connectivity index (χ0v) is 9.62. The molecule has 0 unspecified atom stereocenters. The zero-order chi connectivity index (χ0) is 10.8. The molecular weight excluding hydrogens is 247 g/mol. The van der Waals surface area contributed by atoms with Crippen LogP contribution in [-0.4, -0.2) is 18.6 Å². The molecule has 78 valence electrons. The third-order valence-corrected chi connectivity index (χ3v) is 3.37. The molecule has 0 aliphatic carbocycles. The Morgan fingerprint density at radius 1 is 1.57 bits per heavy atom. The first kappa shape index (κ1) is 11.6. The predicted molar refractivity (Wildman–Crippen MR) is 57.2 cm³/mol. The van der Waals surface area contributed by atoms with E-state index in [-0.39, 0.29) is 10.8 Å². The Labute approximate surface area is 92.3 Å². The number of rotatable bonds is 3. The summed E-state index contributed by atoms with van der Waals surface area (Å²) in [7, 11) is -3.52. The number of pyridine rings is 1. The molecule has 4 nitrogen and oxygen atoms in total. The second-order valence-corrected chi connectivity index (χ2v) is 5.34. The Balaban J connectivity index is 3.03. The molecule has 0 fully saturated rings. The van der Waals surface area contributed by atoms with E-state index in [1.807, 2.05) is 0 Å². The van der Waals surface area contributed by atoms with Crippen molar-refractivity contribution in [2.45, 2.75) is 6.92 Å².